The van der Waals surface area contributed by atoms with Gasteiger partial charge in [-0.2, -0.15) is 0 Å². The predicted octanol–water partition coefficient (Wildman–Crippen LogP) is 5.91. The highest BCUT2D eigenvalue weighted by molar-refractivity contribution is 6.64. The van der Waals surface area contributed by atoms with Crippen molar-refractivity contribution in [1.82, 2.24) is 9.80 Å². The van der Waals surface area contributed by atoms with Crippen LogP contribution in [0.3, 0.4) is 0 Å². The molecule has 46 heavy (non-hydrogen) atoms. The largest absolute Gasteiger partial charge is 0.480 e. The first kappa shape index (κ1) is 32.5. The van der Waals surface area contributed by atoms with E-state index in [0.29, 0.717) is 46.8 Å². The van der Waals surface area contributed by atoms with Gasteiger partial charge in [0.05, 0.1) is 19.7 Å². The Hall–Kier alpha value is -4.87. The molecule has 1 N–H and O–H groups in total. The van der Waals surface area contributed by atoms with Crippen LogP contribution in [-0.4, -0.2) is 73.8 Å². The third-order valence-electron chi connectivity index (χ3n) is 8.96. The molecular weight excluding hydrogens is 608 g/mol. The van der Waals surface area contributed by atoms with Gasteiger partial charge in [0.15, 0.2) is 11.4 Å². The number of carboxylic acids is 1. The van der Waals surface area contributed by atoms with E-state index < -0.39 is 22.5 Å². The Morgan fingerprint density at radius 2 is 1.07 bits per heavy atom. The second kappa shape index (κ2) is 13.6. The van der Waals surface area contributed by atoms with Crippen LogP contribution in [0.25, 0.3) is 9.69 Å². The second-order valence-corrected chi connectivity index (χ2v) is 12.3. The van der Waals surface area contributed by atoms with Gasteiger partial charge in [0, 0.05) is 11.1 Å². The van der Waals surface area contributed by atoms with Gasteiger partial charge in [-0.3, -0.25) is 29.2 Å². The maximum absolute atomic E-state index is 12.8. The summed E-state index contributed by atoms with van der Waals surface area (Å²) in [5.41, 5.74) is 1.66. The van der Waals surface area contributed by atoms with Crippen molar-refractivity contribution in [2.75, 3.05) is 13.1 Å². The van der Waals surface area contributed by atoms with Crippen molar-refractivity contribution >= 4 is 57.4 Å². The SMILES string of the molecule is [C-]#[N+]c1ccc(C2=NC3(CCCCC3)N(CC(=O)Cl)C2=O)cc1.[C-]#[N+]c1ccc(C2=NC3(CCCCC3)N(CC(=O)O)C2=O)cc1. The summed E-state index contributed by atoms with van der Waals surface area (Å²) in [7, 11) is 0. The summed E-state index contributed by atoms with van der Waals surface area (Å²) >= 11 is 5.54. The Labute approximate surface area is 272 Å². The van der Waals surface area contributed by atoms with Crippen molar-refractivity contribution in [3.63, 3.8) is 0 Å². The fraction of sp³-hybridized carbons (Fsp3) is 0.412. The van der Waals surface area contributed by atoms with E-state index in [1.54, 1.807) is 48.5 Å². The van der Waals surface area contributed by atoms with Gasteiger partial charge in [-0.15, -0.1) is 0 Å². The number of halogens is 1. The molecule has 0 atom stereocenters. The molecular formula is C34H33ClN6O5. The number of carboxylic acid groups (broad SMARTS) is 1. The normalized spacial score (nSPS) is 19.5. The van der Waals surface area contributed by atoms with Crippen LogP contribution in [0.4, 0.5) is 11.4 Å². The quantitative estimate of drug-likeness (QED) is 0.310. The lowest BCUT2D eigenvalue weighted by Gasteiger charge is -2.38. The third kappa shape index (κ3) is 6.56. The van der Waals surface area contributed by atoms with Gasteiger partial charge in [0.2, 0.25) is 5.24 Å². The molecule has 0 unspecified atom stereocenters. The molecule has 2 saturated carbocycles. The van der Waals surface area contributed by atoms with E-state index in [4.69, 9.17) is 34.8 Å². The van der Waals surface area contributed by atoms with Crippen LogP contribution >= 0.6 is 11.6 Å². The molecule has 2 spiro atoms. The molecule has 4 aliphatic rings. The number of amides is 2. The zero-order valence-electron chi connectivity index (χ0n) is 25.2. The summed E-state index contributed by atoms with van der Waals surface area (Å²) in [5.74, 6) is -1.61. The summed E-state index contributed by atoms with van der Waals surface area (Å²) in [6.45, 7) is 13.5. The smallest absolute Gasteiger partial charge is 0.323 e. The number of rotatable bonds is 6. The standard InChI is InChI=1S/C17H16ClN3O2.C17H17N3O3/c1-19-13-7-5-12(6-8-13)15-16(23)21(11-14(18)22)17(20-15)9-3-2-4-10-17;1-18-13-7-5-12(6-8-13)15-16(23)20(11-14(21)22)17(19-15)9-3-2-4-10-17/h5-8H,2-4,9-11H2;5-8H,2-4,9-11H2,(H,21,22). The van der Waals surface area contributed by atoms with Gasteiger partial charge in [-0.1, -0.05) is 61.4 Å². The van der Waals surface area contributed by atoms with E-state index in [1.165, 1.54) is 9.80 Å². The predicted molar refractivity (Wildman–Crippen MR) is 172 cm³/mol. The van der Waals surface area contributed by atoms with Crippen molar-refractivity contribution in [3.05, 3.63) is 82.5 Å². The zero-order valence-corrected chi connectivity index (χ0v) is 26.0. The van der Waals surface area contributed by atoms with E-state index in [0.717, 1.165) is 51.4 Å². The monoisotopic (exact) mass is 640 g/mol. The summed E-state index contributed by atoms with van der Waals surface area (Å²) < 4.78 is 0. The Bertz CT molecular complexity index is 1550. The molecule has 2 aromatic carbocycles. The number of aliphatic carboxylic acids is 1. The van der Waals surface area contributed by atoms with Gasteiger partial charge in [0.25, 0.3) is 11.8 Å². The first-order chi connectivity index (χ1) is 22.1. The van der Waals surface area contributed by atoms with Crippen LogP contribution in [0.1, 0.15) is 75.3 Å². The van der Waals surface area contributed by atoms with Crippen molar-refractivity contribution < 1.29 is 24.3 Å². The fourth-order valence-electron chi connectivity index (χ4n) is 6.73. The lowest BCUT2D eigenvalue weighted by Crippen LogP contribution is -2.50. The maximum Gasteiger partial charge on any atom is 0.323 e. The Morgan fingerprint density at radius 1 is 0.696 bits per heavy atom. The molecule has 0 radical (unpaired) electrons. The minimum atomic E-state index is -1.02. The third-order valence-corrected chi connectivity index (χ3v) is 9.08. The number of benzene rings is 2. The molecule has 0 bridgehead atoms. The molecule has 2 aliphatic heterocycles. The second-order valence-electron chi connectivity index (χ2n) is 11.9. The maximum atomic E-state index is 12.8. The lowest BCUT2D eigenvalue weighted by atomic mass is 9.88. The summed E-state index contributed by atoms with van der Waals surface area (Å²) in [4.78, 5) is 67.1. The van der Waals surface area contributed by atoms with Gasteiger partial charge in [-0.05, 0) is 63.0 Å². The topological polar surface area (TPSA) is 128 Å². The van der Waals surface area contributed by atoms with E-state index in [9.17, 15) is 19.2 Å². The van der Waals surface area contributed by atoms with E-state index >= 15 is 0 Å². The number of hydrogen-bond acceptors (Lipinski definition) is 6. The molecule has 2 aromatic rings. The van der Waals surface area contributed by atoms with E-state index in [-0.39, 0.29) is 24.9 Å². The van der Waals surface area contributed by atoms with Crippen LogP contribution in [0.2, 0.25) is 0 Å². The van der Waals surface area contributed by atoms with E-state index in [1.807, 2.05) is 0 Å². The van der Waals surface area contributed by atoms with Gasteiger partial charge < -0.3 is 14.9 Å². The van der Waals surface area contributed by atoms with Crippen LogP contribution in [-0.2, 0) is 19.2 Å². The zero-order chi connectivity index (χ0) is 32.9. The number of carbonyl (C=O) groups excluding carboxylic acids is 3. The Balaban J connectivity index is 0.000000181. The fourth-order valence-corrected chi connectivity index (χ4v) is 6.85. The average molecular weight is 641 g/mol. The molecule has 2 aliphatic carbocycles. The minimum Gasteiger partial charge on any atom is -0.480 e. The van der Waals surface area contributed by atoms with Crippen molar-refractivity contribution in [2.24, 2.45) is 9.98 Å². The lowest BCUT2D eigenvalue weighted by molar-refractivity contribution is -0.145. The number of nitrogens with zero attached hydrogens (tertiary/aromatic N) is 6. The Morgan fingerprint density at radius 3 is 1.39 bits per heavy atom. The number of carbonyl (C=O) groups is 4. The van der Waals surface area contributed by atoms with Crippen LogP contribution in [0.5, 0.6) is 0 Å². The molecule has 2 amide bonds. The molecule has 0 saturated heterocycles. The number of hydrogen-bond donors (Lipinski definition) is 1. The first-order valence-corrected chi connectivity index (χ1v) is 15.7. The molecule has 0 aromatic heterocycles. The molecule has 11 nitrogen and oxygen atoms in total. The van der Waals surface area contributed by atoms with Crippen LogP contribution < -0.4 is 0 Å². The molecule has 2 fully saturated rings. The van der Waals surface area contributed by atoms with Gasteiger partial charge in [-0.25, -0.2) is 9.69 Å². The number of aliphatic imine (C=N–C) groups is 2. The summed E-state index contributed by atoms with van der Waals surface area (Å²) in [5, 5.41) is 8.60. The molecule has 236 valence electrons. The highest BCUT2D eigenvalue weighted by Gasteiger charge is 2.49. The molecule has 12 heteroatoms. The van der Waals surface area contributed by atoms with Crippen LogP contribution in [0, 0.1) is 13.1 Å². The van der Waals surface area contributed by atoms with Crippen LogP contribution in [0.15, 0.2) is 58.5 Å². The minimum absolute atomic E-state index is 0.118. The first-order valence-electron chi connectivity index (χ1n) is 15.3. The van der Waals surface area contributed by atoms with Gasteiger partial charge in [0.1, 0.15) is 29.3 Å². The van der Waals surface area contributed by atoms with Crippen molar-refractivity contribution in [2.45, 2.75) is 75.5 Å². The van der Waals surface area contributed by atoms with E-state index in [2.05, 4.69) is 14.7 Å². The summed E-state index contributed by atoms with van der Waals surface area (Å²) in [6, 6.07) is 13.5. The molecule has 6 rings (SSSR count). The van der Waals surface area contributed by atoms with Crippen molar-refractivity contribution in [1.29, 1.82) is 0 Å². The summed E-state index contributed by atoms with van der Waals surface area (Å²) in [6.07, 6.45) is 8.96. The van der Waals surface area contributed by atoms with Crippen molar-refractivity contribution in [3.8, 4) is 0 Å². The Kier molecular flexibility index (Phi) is 9.64. The highest BCUT2D eigenvalue weighted by atomic mass is 35.5. The molecule has 2 heterocycles. The van der Waals surface area contributed by atoms with Gasteiger partial charge >= 0.3 is 5.97 Å². The highest BCUT2D eigenvalue weighted by Crippen LogP contribution is 2.41. The average Bonchev–Trinajstić information content (AvgIpc) is 3.47.